The Bertz CT molecular complexity index is 840. The van der Waals surface area contributed by atoms with Gasteiger partial charge in [-0.15, -0.1) is 0 Å². The lowest BCUT2D eigenvalue weighted by Crippen LogP contribution is -2.36. The van der Waals surface area contributed by atoms with Gasteiger partial charge in [0.15, 0.2) is 5.78 Å². The highest BCUT2D eigenvalue weighted by atomic mass is 16.2. The molecule has 0 unspecified atom stereocenters. The van der Waals surface area contributed by atoms with E-state index >= 15 is 0 Å². The van der Waals surface area contributed by atoms with Crippen molar-refractivity contribution < 1.29 is 14.4 Å². The number of aromatic nitrogens is 1. The van der Waals surface area contributed by atoms with Gasteiger partial charge in [0.2, 0.25) is 0 Å². The summed E-state index contributed by atoms with van der Waals surface area (Å²) in [5, 5.41) is 5.76. The molecule has 6 heteroatoms. The average molecular weight is 365 g/mol. The number of Topliss-reactive ketones (excluding diaryl/α,β-unsaturated/α-hetero) is 1. The summed E-state index contributed by atoms with van der Waals surface area (Å²) >= 11 is 0. The molecule has 0 saturated heterocycles. The van der Waals surface area contributed by atoms with Crippen LogP contribution in [0.1, 0.15) is 70.2 Å². The number of nitrogens with zero attached hydrogens (tertiary/aromatic N) is 1. The molecule has 6 nitrogen and oxygen atoms in total. The zero-order chi connectivity index (χ0) is 19.2. The van der Waals surface area contributed by atoms with Gasteiger partial charge in [0, 0.05) is 29.1 Å². The average Bonchev–Trinajstić information content (AvgIpc) is 2.69. The van der Waals surface area contributed by atoms with Crippen molar-refractivity contribution in [2.24, 2.45) is 0 Å². The van der Waals surface area contributed by atoms with Crippen LogP contribution in [0.15, 0.2) is 42.6 Å². The molecule has 1 fully saturated rings. The van der Waals surface area contributed by atoms with Crippen molar-refractivity contribution in [3.8, 4) is 0 Å². The SMILES string of the molecule is CC(=O)c1ccc(NC(=O)c2cc(C(=O)NC3CCCCC3)ccn2)cc1. The van der Waals surface area contributed by atoms with E-state index in [9.17, 15) is 14.4 Å². The third-order valence-electron chi connectivity index (χ3n) is 4.74. The van der Waals surface area contributed by atoms with Crippen LogP contribution in [-0.4, -0.2) is 28.6 Å². The number of pyridine rings is 1. The number of rotatable bonds is 5. The van der Waals surface area contributed by atoms with E-state index in [2.05, 4.69) is 15.6 Å². The Hall–Kier alpha value is -3.02. The van der Waals surface area contributed by atoms with E-state index in [1.807, 2.05) is 0 Å². The zero-order valence-electron chi connectivity index (χ0n) is 15.3. The number of hydrogen-bond donors (Lipinski definition) is 2. The number of ketones is 1. The molecule has 0 spiro atoms. The van der Waals surface area contributed by atoms with E-state index in [0.717, 1.165) is 25.7 Å². The van der Waals surface area contributed by atoms with Crippen LogP contribution >= 0.6 is 0 Å². The number of hydrogen-bond acceptors (Lipinski definition) is 4. The summed E-state index contributed by atoms with van der Waals surface area (Å²) in [4.78, 5) is 40.2. The summed E-state index contributed by atoms with van der Waals surface area (Å²) in [6, 6.07) is 9.94. The van der Waals surface area contributed by atoms with E-state index in [4.69, 9.17) is 0 Å². The smallest absolute Gasteiger partial charge is 0.274 e. The normalized spacial score (nSPS) is 14.4. The molecule has 1 aliphatic rings. The molecule has 2 aromatic rings. The minimum Gasteiger partial charge on any atom is -0.349 e. The third kappa shape index (κ3) is 5.00. The summed E-state index contributed by atoms with van der Waals surface area (Å²) in [6.07, 6.45) is 6.96. The summed E-state index contributed by atoms with van der Waals surface area (Å²) in [5.41, 5.74) is 1.73. The van der Waals surface area contributed by atoms with Crippen molar-refractivity contribution in [1.29, 1.82) is 0 Å². The lowest BCUT2D eigenvalue weighted by molar-refractivity contribution is 0.0927. The van der Waals surface area contributed by atoms with Gasteiger partial charge < -0.3 is 10.6 Å². The molecule has 1 heterocycles. The van der Waals surface area contributed by atoms with Gasteiger partial charge in [0.1, 0.15) is 5.69 Å². The van der Waals surface area contributed by atoms with E-state index in [0.29, 0.717) is 16.8 Å². The molecular weight excluding hydrogens is 342 g/mol. The predicted octanol–water partition coefficient (Wildman–Crippen LogP) is 3.60. The predicted molar refractivity (Wildman–Crippen MR) is 103 cm³/mol. The topological polar surface area (TPSA) is 88.2 Å². The first-order valence-electron chi connectivity index (χ1n) is 9.22. The Morgan fingerprint density at radius 2 is 1.63 bits per heavy atom. The molecule has 140 valence electrons. The molecule has 3 rings (SSSR count). The molecule has 2 amide bonds. The monoisotopic (exact) mass is 365 g/mol. The van der Waals surface area contributed by atoms with Crippen molar-refractivity contribution >= 4 is 23.3 Å². The highest BCUT2D eigenvalue weighted by Gasteiger charge is 2.18. The van der Waals surface area contributed by atoms with E-state index in [-0.39, 0.29) is 23.4 Å². The fourth-order valence-corrected chi connectivity index (χ4v) is 3.20. The van der Waals surface area contributed by atoms with Crippen LogP contribution in [0.2, 0.25) is 0 Å². The molecule has 2 N–H and O–H groups in total. The largest absolute Gasteiger partial charge is 0.349 e. The van der Waals surface area contributed by atoms with Crippen LogP contribution < -0.4 is 10.6 Å². The van der Waals surface area contributed by atoms with Crippen molar-refractivity contribution in [1.82, 2.24) is 10.3 Å². The lowest BCUT2D eigenvalue weighted by Gasteiger charge is -2.22. The van der Waals surface area contributed by atoms with Crippen LogP contribution in [0.25, 0.3) is 0 Å². The van der Waals surface area contributed by atoms with Gasteiger partial charge in [0.25, 0.3) is 11.8 Å². The second-order valence-electron chi connectivity index (χ2n) is 6.83. The zero-order valence-corrected chi connectivity index (χ0v) is 15.3. The summed E-state index contributed by atoms with van der Waals surface area (Å²) in [5.74, 6) is -0.617. The fraction of sp³-hybridized carbons (Fsp3) is 0.333. The Kier molecular flexibility index (Phi) is 5.96. The summed E-state index contributed by atoms with van der Waals surface area (Å²) in [7, 11) is 0. The highest BCUT2D eigenvalue weighted by Crippen LogP contribution is 2.18. The van der Waals surface area contributed by atoms with Crippen LogP contribution in [-0.2, 0) is 0 Å². The van der Waals surface area contributed by atoms with Crippen molar-refractivity contribution in [2.75, 3.05) is 5.32 Å². The highest BCUT2D eigenvalue weighted by molar-refractivity contribution is 6.05. The Morgan fingerprint density at radius 3 is 2.30 bits per heavy atom. The molecule has 1 saturated carbocycles. The van der Waals surface area contributed by atoms with Crippen LogP contribution in [0.3, 0.4) is 0 Å². The number of benzene rings is 1. The van der Waals surface area contributed by atoms with E-state index in [1.54, 1.807) is 30.3 Å². The first kappa shape index (κ1) is 18.8. The number of carbonyl (C=O) groups excluding carboxylic acids is 3. The molecule has 27 heavy (non-hydrogen) atoms. The van der Waals surface area contributed by atoms with Gasteiger partial charge in [-0.25, -0.2) is 0 Å². The second-order valence-corrected chi connectivity index (χ2v) is 6.83. The maximum Gasteiger partial charge on any atom is 0.274 e. The Balaban J connectivity index is 1.65. The van der Waals surface area contributed by atoms with Crippen LogP contribution in [0.4, 0.5) is 5.69 Å². The molecule has 1 aromatic carbocycles. The maximum atomic E-state index is 12.4. The molecule has 1 aliphatic carbocycles. The lowest BCUT2D eigenvalue weighted by atomic mass is 9.95. The standard InChI is InChI=1S/C21H23N3O3/c1-14(25)15-7-9-18(10-8-15)24-21(27)19-13-16(11-12-22-19)20(26)23-17-5-3-2-4-6-17/h7-13,17H,2-6H2,1H3,(H,23,26)(H,24,27). The quantitative estimate of drug-likeness (QED) is 0.793. The first-order valence-corrected chi connectivity index (χ1v) is 9.22. The molecule has 0 atom stereocenters. The van der Waals surface area contributed by atoms with Crippen LogP contribution in [0.5, 0.6) is 0 Å². The van der Waals surface area contributed by atoms with Crippen molar-refractivity contribution in [2.45, 2.75) is 45.1 Å². The molecule has 1 aromatic heterocycles. The van der Waals surface area contributed by atoms with Crippen molar-refractivity contribution in [3.05, 3.63) is 59.4 Å². The van der Waals surface area contributed by atoms with Gasteiger partial charge in [-0.05, 0) is 56.2 Å². The van der Waals surface area contributed by atoms with Gasteiger partial charge in [-0.3, -0.25) is 19.4 Å². The van der Waals surface area contributed by atoms with Crippen molar-refractivity contribution in [3.63, 3.8) is 0 Å². The van der Waals surface area contributed by atoms with Gasteiger partial charge in [-0.2, -0.15) is 0 Å². The molecular formula is C21H23N3O3. The minimum atomic E-state index is -0.405. The van der Waals surface area contributed by atoms with E-state index in [1.165, 1.54) is 25.6 Å². The summed E-state index contributed by atoms with van der Waals surface area (Å²) in [6.45, 7) is 1.49. The number of amides is 2. The van der Waals surface area contributed by atoms with Crippen LogP contribution in [0, 0.1) is 0 Å². The first-order chi connectivity index (χ1) is 13.0. The van der Waals surface area contributed by atoms with E-state index < -0.39 is 5.91 Å². The van der Waals surface area contributed by atoms with Gasteiger partial charge >= 0.3 is 0 Å². The minimum absolute atomic E-state index is 0.0359. The van der Waals surface area contributed by atoms with Gasteiger partial charge in [0.05, 0.1) is 0 Å². The molecule has 0 radical (unpaired) electrons. The number of anilines is 1. The third-order valence-corrected chi connectivity index (χ3v) is 4.74. The number of nitrogens with one attached hydrogen (secondary N) is 2. The Labute approximate surface area is 158 Å². The fourth-order valence-electron chi connectivity index (χ4n) is 3.20. The second kappa shape index (κ2) is 8.58. The number of carbonyl (C=O) groups is 3. The summed E-state index contributed by atoms with van der Waals surface area (Å²) < 4.78 is 0. The molecule has 0 bridgehead atoms. The van der Waals surface area contributed by atoms with Gasteiger partial charge in [-0.1, -0.05) is 19.3 Å². The Morgan fingerprint density at radius 1 is 0.926 bits per heavy atom. The maximum absolute atomic E-state index is 12.4. The molecule has 0 aliphatic heterocycles.